The number of hydrogen-bond acceptors (Lipinski definition) is 7. The largest absolute Gasteiger partial charge is 0.464 e. The van der Waals surface area contributed by atoms with Gasteiger partial charge in [-0.1, -0.05) is 54.0 Å². The fourth-order valence-electron chi connectivity index (χ4n) is 5.73. The molecule has 0 radical (unpaired) electrons. The summed E-state index contributed by atoms with van der Waals surface area (Å²) in [4.78, 5) is 79.1. The van der Waals surface area contributed by atoms with Crippen molar-refractivity contribution in [2.24, 2.45) is 28.6 Å². The lowest BCUT2D eigenvalue weighted by molar-refractivity contribution is -0.145. The molecule has 0 spiro atoms. The Balaban J connectivity index is 1.72. The van der Waals surface area contributed by atoms with Crippen LogP contribution in [0.1, 0.15) is 67.2 Å². The lowest BCUT2D eigenvalue weighted by Crippen LogP contribution is -2.61. The number of ether oxygens (including phenoxy) is 1. The molecule has 3 aliphatic rings. The fourth-order valence-corrected chi connectivity index (χ4v) is 5.73. The van der Waals surface area contributed by atoms with E-state index in [1.165, 1.54) is 11.0 Å². The van der Waals surface area contributed by atoms with Crippen LogP contribution in [0.3, 0.4) is 0 Å². The number of rotatable bonds is 14. The Hall–Kier alpha value is -3.44. The molecule has 12 heteroatoms. The van der Waals surface area contributed by atoms with Crippen molar-refractivity contribution in [1.82, 2.24) is 26.2 Å². The number of nitrogens with one attached hydrogen (secondary N) is 4. The summed E-state index contributed by atoms with van der Waals surface area (Å²) in [5.74, 6) is -2.71. The number of likely N-dealkylation sites (tertiary alicyclic amines) is 1. The molecule has 1 heterocycles. The molecule has 0 bridgehead atoms. The molecule has 12 nitrogen and oxygen atoms in total. The number of nitrogens with zero attached hydrogens (tertiary/aromatic N) is 1. The van der Waals surface area contributed by atoms with Gasteiger partial charge in [-0.25, -0.2) is 4.79 Å². The number of carbonyl (C=O) groups excluding carboxylic acids is 6. The smallest absolute Gasteiger partial charge is 0.325 e. The third-order valence-electron chi connectivity index (χ3n) is 8.56. The Kier molecular flexibility index (Phi) is 10.4. The number of piperidine rings is 1. The second-order valence-electron chi connectivity index (χ2n) is 13.4. The van der Waals surface area contributed by atoms with Crippen LogP contribution in [0, 0.1) is 28.6 Å². The summed E-state index contributed by atoms with van der Waals surface area (Å²) in [5, 5.41) is 10.4. The van der Waals surface area contributed by atoms with Gasteiger partial charge in [0.25, 0.3) is 5.91 Å². The van der Waals surface area contributed by atoms with Gasteiger partial charge in [0.2, 0.25) is 17.6 Å². The number of urea groups is 1. The Morgan fingerprint density at radius 1 is 1.07 bits per heavy atom. The van der Waals surface area contributed by atoms with Crippen LogP contribution in [0.4, 0.5) is 4.79 Å². The Morgan fingerprint density at radius 3 is 2.31 bits per heavy atom. The maximum absolute atomic E-state index is 14.0. The molecule has 3 fully saturated rings. The van der Waals surface area contributed by atoms with Gasteiger partial charge in [-0.05, 0) is 47.8 Å². The van der Waals surface area contributed by atoms with Crippen molar-refractivity contribution in [3.8, 4) is 0 Å². The molecule has 2 saturated carbocycles. The monoisotopic (exact) mass is 589 g/mol. The van der Waals surface area contributed by atoms with Crippen LogP contribution >= 0.6 is 0 Å². The average Bonchev–Trinajstić information content (AvgIpc) is 3.78. The van der Waals surface area contributed by atoms with Gasteiger partial charge in [0.15, 0.2) is 0 Å². The second kappa shape index (κ2) is 13.2. The summed E-state index contributed by atoms with van der Waals surface area (Å²) >= 11 is 0. The van der Waals surface area contributed by atoms with E-state index in [2.05, 4.69) is 27.8 Å². The summed E-state index contributed by atoms with van der Waals surface area (Å²) in [6.45, 7) is 15.3. The molecule has 1 aliphatic heterocycles. The van der Waals surface area contributed by atoms with E-state index in [0.29, 0.717) is 25.5 Å². The lowest BCUT2D eigenvalue weighted by atomic mass is 9.85. The van der Waals surface area contributed by atoms with Crippen molar-refractivity contribution >= 4 is 35.5 Å². The van der Waals surface area contributed by atoms with Crippen molar-refractivity contribution in [3.63, 3.8) is 0 Å². The highest BCUT2D eigenvalue weighted by Gasteiger charge is 2.69. The number of amides is 5. The maximum atomic E-state index is 14.0. The molecule has 2 unspecified atom stereocenters. The zero-order valence-electron chi connectivity index (χ0n) is 25.7. The molecule has 42 heavy (non-hydrogen) atoms. The number of Topliss-reactive ketones (excluding diaryl/α,β-unsaturated/α-hetero) is 1. The van der Waals surface area contributed by atoms with Crippen LogP contribution in [0.2, 0.25) is 0 Å². The third-order valence-corrected chi connectivity index (χ3v) is 8.56. The van der Waals surface area contributed by atoms with Crippen LogP contribution in [-0.4, -0.2) is 84.8 Å². The molecule has 3 rings (SSSR count). The van der Waals surface area contributed by atoms with Crippen molar-refractivity contribution in [2.45, 2.75) is 85.4 Å². The minimum atomic E-state index is -1.04. The van der Waals surface area contributed by atoms with E-state index in [0.717, 1.165) is 12.8 Å². The van der Waals surface area contributed by atoms with Crippen molar-refractivity contribution in [3.05, 3.63) is 12.7 Å². The van der Waals surface area contributed by atoms with Gasteiger partial charge >= 0.3 is 12.0 Å². The molecule has 5 amide bonds. The normalized spacial score (nSPS) is 23.5. The number of fused-ring (bicyclic) bond motifs is 1. The van der Waals surface area contributed by atoms with Crippen molar-refractivity contribution in [1.29, 1.82) is 0 Å². The first-order chi connectivity index (χ1) is 19.6. The van der Waals surface area contributed by atoms with E-state index in [1.807, 2.05) is 20.8 Å². The van der Waals surface area contributed by atoms with E-state index in [4.69, 9.17) is 4.74 Å². The predicted molar refractivity (Wildman–Crippen MR) is 155 cm³/mol. The summed E-state index contributed by atoms with van der Waals surface area (Å²) in [5.41, 5.74) is -0.915. The molecule has 0 aromatic heterocycles. The van der Waals surface area contributed by atoms with E-state index in [1.54, 1.807) is 20.8 Å². The van der Waals surface area contributed by atoms with Crippen LogP contribution < -0.4 is 21.3 Å². The van der Waals surface area contributed by atoms with Gasteiger partial charge in [-0.15, -0.1) is 6.58 Å². The first-order valence-corrected chi connectivity index (χ1v) is 14.9. The molecule has 0 aromatic rings. The van der Waals surface area contributed by atoms with Gasteiger partial charge < -0.3 is 30.9 Å². The average molecular weight is 590 g/mol. The molecule has 0 aromatic carbocycles. The molecule has 5 atom stereocenters. The molecule has 2 aliphatic carbocycles. The Bertz CT molecular complexity index is 1090. The Morgan fingerprint density at radius 2 is 1.74 bits per heavy atom. The van der Waals surface area contributed by atoms with Gasteiger partial charge in [-0.3, -0.25) is 24.0 Å². The summed E-state index contributed by atoms with van der Waals surface area (Å²) in [6.07, 6.45) is 4.34. The van der Waals surface area contributed by atoms with Crippen LogP contribution in [0.25, 0.3) is 0 Å². The number of ketones is 1. The van der Waals surface area contributed by atoms with Gasteiger partial charge in [-0.2, -0.15) is 0 Å². The van der Waals surface area contributed by atoms with E-state index in [-0.39, 0.29) is 36.8 Å². The molecule has 1 saturated heterocycles. The molecular formula is C30H47N5O7. The van der Waals surface area contributed by atoms with E-state index >= 15 is 0 Å². The van der Waals surface area contributed by atoms with Crippen LogP contribution in [-0.2, 0) is 28.7 Å². The maximum Gasteiger partial charge on any atom is 0.325 e. The summed E-state index contributed by atoms with van der Waals surface area (Å²) in [7, 11) is 0. The molecule has 234 valence electrons. The number of esters is 1. The highest BCUT2D eigenvalue weighted by Crippen LogP contribution is 2.65. The second-order valence-corrected chi connectivity index (χ2v) is 13.4. The first kappa shape index (κ1) is 33.1. The minimum absolute atomic E-state index is 0.0732. The van der Waals surface area contributed by atoms with E-state index in [9.17, 15) is 28.8 Å². The van der Waals surface area contributed by atoms with Crippen LogP contribution in [0.15, 0.2) is 12.7 Å². The summed E-state index contributed by atoms with van der Waals surface area (Å²) in [6, 6.07) is -3.61. The standard InChI is InChI=1S/C30H47N5O7/c1-8-10-19(23(37)26(39)31-13-9-2)33-25(38)22-21-18(30(21,6)7)15-35(22)27(40)24(29(3,4)5)34-28(41)32-14-20(36)42-16-17-11-12-17/h9,17-19,21-22,24H,2,8,10-16H2,1,3-7H3,(H,31,39)(H,33,38)(H2,32,34,41)/t18?,19?,21-,22-,24+/m0/s1. The van der Waals surface area contributed by atoms with Gasteiger partial charge in [0, 0.05) is 13.1 Å². The van der Waals surface area contributed by atoms with E-state index < -0.39 is 59.0 Å². The zero-order valence-corrected chi connectivity index (χ0v) is 25.7. The number of carbonyl (C=O) groups is 6. The summed E-state index contributed by atoms with van der Waals surface area (Å²) < 4.78 is 5.14. The highest BCUT2D eigenvalue weighted by atomic mass is 16.5. The van der Waals surface area contributed by atoms with Crippen molar-refractivity contribution < 1.29 is 33.5 Å². The topological polar surface area (TPSA) is 163 Å². The lowest BCUT2D eigenvalue weighted by Gasteiger charge is -2.37. The Labute approximate surface area is 248 Å². The van der Waals surface area contributed by atoms with Gasteiger partial charge in [0.05, 0.1) is 12.6 Å². The zero-order chi connectivity index (χ0) is 31.4. The molecular weight excluding hydrogens is 542 g/mol. The number of hydrogen-bond donors (Lipinski definition) is 4. The first-order valence-electron chi connectivity index (χ1n) is 14.9. The predicted octanol–water partition coefficient (Wildman–Crippen LogP) is 1.29. The highest BCUT2D eigenvalue weighted by molar-refractivity contribution is 6.38. The van der Waals surface area contributed by atoms with Gasteiger partial charge in [0.1, 0.15) is 18.6 Å². The third kappa shape index (κ3) is 7.89. The SMILES string of the molecule is C=CCNC(=O)C(=O)C(CCC)NC(=O)[C@@H]1[C@@H]2C(CN1C(=O)[C@@H](NC(=O)NCC(=O)OCC1CC1)C(C)(C)C)C2(C)C. The van der Waals surface area contributed by atoms with Crippen molar-refractivity contribution in [2.75, 3.05) is 26.2 Å². The minimum Gasteiger partial charge on any atom is -0.464 e. The fraction of sp³-hybridized carbons (Fsp3) is 0.733. The van der Waals surface area contributed by atoms with Crippen LogP contribution in [0.5, 0.6) is 0 Å². The molecule has 4 N–H and O–H groups in total. The quantitative estimate of drug-likeness (QED) is 0.135.